The molecular weight excluding hydrogens is 334 g/mol. The maximum absolute atomic E-state index is 12.5. The van der Waals surface area contributed by atoms with E-state index in [4.69, 9.17) is 9.47 Å². The minimum absolute atomic E-state index is 0.150. The number of amides is 1. The number of esters is 1. The highest BCUT2D eigenvalue weighted by molar-refractivity contribution is 6.03. The predicted octanol–water partition coefficient (Wildman–Crippen LogP) is 2.69. The van der Waals surface area contributed by atoms with Crippen molar-refractivity contribution in [2.24, 2.45) is 5.92 Å². The van der Waals surface area contributed by atoms with E-state index in [1.165, 1.54) is 6.33 Å². The Morgan fingerprint density at radius 2 is 2.08 bits per heavy atom. The van der Waals surface area contributed by atoms with Crippen LogP contribution in [0.2, 0.25) is 0 Å². The number of rotatable bonds is 6. The number of aromatic nitrogens is 2. The minimum atomic E-state index is -0.469. The summed E-state index contributed by atoms with van der Waals surface area (Å²) in [5.74, 6) is -0.817. The van der Waals surface area contributed by atoms with Gasteiger partial charge in [0, 0.05) is 24.6 Å². The Balaban J connectivity index is 1.89. The van der Waals surface area contributed by atoms with E-state index in [-0.39, 0.29) is 11.8 Å². The molecule has 1 atom stereocenters. The lowest BCUT2D eigenvalue weighted by Crippen LogP contribution is -2.24. The number of carbonyl (C=O) groups is 2. The van der Waals surface area contributed by atoms with Crippen LogP contribution in [0.3, 0.4) is 0 Å². The van der Waals surface area contributed by atoms with Gasteiger partial charge < -0.3 is 14.8 Å². The summed E-state index contributed by atoms with van der Waals surface area (Å²) in [4.78, 5) is 32.9. The van der Waals surface area contributed by atoms with Crippen molar-refractivity contribution < 1.29 is 19.1 Å². The van der Waals surface area contributed by atoms with Gasteiger partial charge in [0.1, 0.15) is 6.33 Å². The molecule has 0 bridgehead atoms. The van der Waals surface area contributed by atoms with E-state index in [0.717, 1.165) is 17.5 Å². The molecule has 0 saturated carbocycles. The van der Waals surface area contributed by atoms with Crippen molar-refractivity contribution in [1.82, 2.24) is 9.97 Å². The van der Waals surface area contributed by atoms with Gasteiger partial charge in [-0.15, -0.1) is 0 Å². The molecular formula is C19H21N3O4. The summed E-state index contributed by atoms with van der Waals surface area (Å²) in [6.45, 7) is 3.23. The van der Waals surface area contributed by atoms with Gasteiger partial charge in [-0.2, -0.15) is 0 Å². The van der Waals surface area contributed by atoms with E-state index in [0.29, 0.717) is 37.5 Å². The molecule has 2 heterocycles. The highest BCUT2D eigenvalue weighted by Crippen LogP contribution is 2.26. The summed E-state index contributed by atoms with van der Waals surface area (Å²) in [6, 6.07) is 5.21. The average molecular weight is 355 g/mol. The lowest BCUT2D eigenvalue weighted by Gasteiger charge is -2.14. The Hall–Kier alpha value is -2.80. The fraction of sp³-hybridized carbons (Fsp3) is 0.368. The summed E-state index contributed by atoms with van der Waals surface area (Å²) in [5.41, 5.74) is 2.30. The molecule has 0 aliphatic carbocycles. The van der Waals surface area contributed by atoms with Crippen molar-refractivity contribution in [2.45, 2.75) is 19.8 Å². The zero-order valence-electron chi connectivity index (χ0n) is 14.6. The summed E-state index contributed by atoms with van der Waals surface area (Å²) < 4.78 is 10.5. The summed E-state index contributed by atoms with van der Waals surface area (Å²) in [6.07, 6.45) is 6.17. The van der Waals surface area contributed by atoms with Gasteiger partial charge in [0.15, 0.2) is 0 Å². The number of anilines is 1. The molecule has 1 aliphatic rings. The molecule has 1 aromatic heterocycles. The Bertz CT molecular complexity index is 774. The van der Waals surface area contributed by atoms with Crippen LogP contribution in [0.4, 0.5) is 5.69 Å². The summed E-state index contributed by atoms with van der Waals surface area (Å²) in [5, 5.41) is 2.84. The zero-order chi connectivity index (χ0) is 18.4. The minimum Gasteiger partial charge on any atom is -0.462 e. The van der Waals surface area contributed by atoms with Crippen molar-refractivity contribution in [3.05, 3.63) is 42.5 Å². The Morgan fingerprint density at radius 3 is 2.77 bits per heavy atom. The quantitative estimate of drug-likeness (QED) is 0.801. The molecule has 3 rings (SSSR count). The highest BCUT2D eigenvalue weighted by atomic mass is 16.5. The van der Waals surface area contributed by atoms with Crippen LogP contribution >= 0.6 is 0 Å². The third kappa shape index (κ3) is 4.23. The molecule has 1 aliphatic heterocycles. The first kappa shape index (κ1) is 18.0. The maximum atomic E-state index is 12.5. The first-order chi connectivity index (χ1) is 12.7. The normalized spacial score (nSPS) is 16.3. The highest BCUT2D eigenvalue weighted by Gasteiger charge is 2.25. The van der Waals surface area contributed by atoms with E-state index in [9.17, 15) is 9.59 Å². The predicted molar refractivity (Wildman–Crippen MR) is 95.6 cm³/mol. The van der Waals surface area contributed by atoms with Crippen LogP contribution in [0.25, 0.3) is 11.1 Å². The van der Waals surface area contributed by atoms with E-state index >= 15 is 0 Å². The van der Waals surface area contributed by atoms with Gasteiger partial charge in [-0.3, -0.25) is 4.79 Å². The number of nitrogens with zero attached hydrogens (tertiary/aromatic N) is 2. The first-order valence-electron chi connectivity index (χ1n) is 8.64. The van der Waals surface area contributed by atoms with Crippen LogP contribution in [0.1, 0.15) is 30.1 Å². The van der Waals surface area contributed by atoms with E-state index in [1.54, 1.807) is 24.5 Å². The second-order valence-corrected chi connectivity index (χ2v) is 6.07. The van der Waals surface area contributed by atoms with Crippen LogP contribution in [0.5, 0.6) is 0 Å². The fourth-order valence-corrected chi connectivity index (χ4v) is 2.70. The van der Waals surface area contributed by atoms with E-state index in [2.05, 4.69) is 15.3 Å². The SMILES string of the molecule is CCCOC(=O)c1cc(-c2cncnc2)ccc1NC(=O)C1CCOC1. The lowest BCUT2D eigenvalue weighted by atomic mass is 10.0. The van der Waals surface area contributed by atoms with Crippen molar-refractivity contribution in [1.29, 1.82) is 0 Å². The van der Waals surface area contributed by atoms with Crippen molar-refractivity contribution >= 4 is 17.6 Å². The maximum Gasteiger partial charge on any atom is 0.340 e. The Kier molecular flexibility index (Phi) is 5.91. The molecule has 26 heavy (non-hydrogen) atoms. The van der Waals surface area contributed by atoms with E-state index < -0.39 is 5.97 Å². The van der Waals surface area contributed by atoms with Crippen LogP contribution < -0.4 is 5.32 Å². The van der Waals surface area contributed by atoms with Gasteiger partial charge >= 0.3 is 5.97 Å². The first-order valence-corrected chi connectivity index (χ1v) is 8.64. The molecule has 1 N–H and O–H groups in total. The van der Waals surface area contributed by atoms with E-state index in [1.807, 2.05) is 13.0 Å². The molecule has 1 amide bonds. The molecule has 1 aromatic carbocycles. The zero-order valence-corrected chi connectivity index (χ0v) is 14.6. The lowest BCUT2D eigenvalue weighted by molar-refractivity contribution is -0.119. The number of ether oxygens (including phenoxy) is 2. The van der Waals surface area contributed by atoms with Gasteiger partial charge in [-0.1, -0.05) is 13.0 Å². The second kappa shape index (κ2) is 8.53. The van der Waals surface area contributed by atoms with Gasteiger partial charge in [0.2, 0.25) is 5.91 Å². The Labute approximate surface area is 151 Å². The Morgan fingerprint density at radius 1 is 1.27 bits per heavy atom. The number of hydrogen-bond acceptors (Lipinski definition) is 6. The standard InChI is InChI=1S/C19H21N3O4/c1-2-6-26-19(24)16-8-13(15-9-20-12-21-10-15)3-4-17(16)22-18(23)14-5-7-25-11-14/h3-4,8-10,12,14H,2,5-7,11H2,1H3,(H,22,23). The van der Waals surface area contributed by atoms with Crippen LogP contribution in [-0.4, -0.2) is 41.7 Å². The fourth-order valence-electron chi connectivity index (χ4n) is 2.70. The molecule has 7 heteroatoms. The third-order valence-corrected chi connectivity index (χ3v) is 4.13. The number of benzene rings is 1. The van der Waals surface area contributed by atoms with Crippen molar-refractivity contribution in [3.63, 3.8) is 0 Å². The van der Waals surface area contributed by atoms with Gasteiger partial charge in [0.25, 0.3) is 0 Å². The largest absolute Gasteiger partial charge is 0.462 e. The van der Waals surface area contributed by atoms with Gasteiger partial charge in [-0.25, -0.2) is 14.8 Å². The van der Waals surface area contributed by atoms with Crippen LogP contribution in [0, 0.1) is 5.92 Å². The second-order valence-electron chi connectivity index (χ2n) is 6.07. The molecule has 7 nitrogen and oxygen atoms in total. The smallest absolute Gasteiger partial charge is 0.340 e. The monoisotopic (exact) mass is 355 g/mol. The van der Waals surface area contributed by atoms with Gasteiger partial charge in [-0.05, 0) is 30.5 Å². The topological polar surface area (TPSA) is 90.4 Å². The molecule has 136 valence electrons. The third-order valence-electron chi connectivity index (χ3n) is 4.13. The molecule has 1 unspecified atom stereocenters. The summed E-state index contributed by atoms with van der Waals surface area (Å²) in [7, 11) is 0. The average Bonchev–Trinajstić information content (AvgIpc) is 3.22. The van der Waals surface area contributed by atoms with Gasteiger partial charge in [0.05, 0.1) is 30.4 Å². The summed E-state index contributed by atoms with van der Waals surface area (Å²) >= 11 is 0. The molecule has 0 radical (unpaired) electrons. The van der Waals surface area contributed by atoms with Crippen LogP contribution in [0.15, 0.2) is 36.9 Å². The number of nitrogens with one attached hydrogen (secondary N) is 1. The molecule has 0 spiro atoms. The molecule has 2 aromatic rings. The van der Waals surface area contributed by atoms with Crippen LogP contribution in [-0.2, 0) is 14.3 Å². The molecule has 1 saturated heterocycles. The van der Waals surface area contributed by atoms with Crippen molar-refractivity contribution in [3.8, 4) is 11.1 Å². The number of hydrogen-bond donors (Lipinski definition) is 1. The van der Waals surface area contributed by atoms with Crippen molar-refractivity contribution in [2.75, 3.05) is 25.1 Å². The molecule has 1 fully saturated rings. The number of carbonyl (C=O) groups excluding carboxylic acids is 2.